The Bertz CT molecular complexity index is 569. The van der Waals surface area contributed by atoms with E-state index < -0.39 is 4.92 Å². The molecule has 3 N–H and O–H groups in total. The summed E-state index contributed by atoms with van der Waals surface area (Å²) in [6.45, 7) is 2.08. The Kier molecular flexibility index (Phi) is 4.01. The number of thiophene rings is 1. The third-order valence-corrected chi connectivity index (χ3v) is 3.86. The van der Waals surface area contributed by atoms with Crippen molar-refractivity contribution in [3.63, 3.8) is 0 Å². The normalized spacial score (nSPS) is 12.1. The van der Waals surface area contributed by atoms with Crippen molar-refractivity contribution in [2.75, 3.05) is 11.1 Å². The van der Waals surface area contributed by atoms with E-state index in [-0.39, 0.29) is 11.7 Å². The Morgan fingerprint density at radius 2 is 2.26 bits per heavy atom. The monoisotopic (exact) mass is 277 g/mol. The van der Waals surface area contributed by atoms with E-state index in [4.69, 9.17) is 5.73 Å². The minimum absolute atomic E-state index is 0.00669. The van der Waals surface area contributed by atoms with Crippen molar-refractivity contribution >= 4 is 28.4 Å². The molecule has 2 aromatic rings. The van der Waals surface area contributed by atoms with E-state index in [0.29, 0.717) is 5.69 Å². The molecule has 0 aliphatic heterocycles. The smallest absolute Gasteiger partial charge is 0.271 e. The molecule has 0 radical (unpaired) electrons. The predicted octanol–water partition coefficient (Wildman–Crippen LogP) is 3.80. The first-order chi connectivity index (χ1) is 9.11. The van der Waals surface area contributed by atoms with Gasteiger partial charge in [0.1, 0.15) is 0 Å². The fourth-order valence-corrected chi connectivity index (χ4v) is 2.71. The summed E-state index contributed by atoms with van der Waals surface area (Å²) in [6, 6.07) is 8.73. The van der Waals surface area contributed by atoms with Gasteiger partial charge in [0.25, 0.3) is 5.69 Å². The van der Waals surface area contributed by atoms with Gasteiger partial charge in [0.05, 0.1) is 22.3 Å². The first kappa shape index (κ1) is 13.4. The zero-order valence-electron chi connectivity index (χ0n) is 10.5. The van der Waals surface area contributed by atoms with Crippen LogP contribution in [0.4, 0.5) is 17.1 Å². The van der Waals surface area contributed by atoms with Crippen LogP contribution in [-0.2, 0) is 0 Å². The van der Waals surface area contributed by atoms with Crippen molar-refractivity contribution in [3.8, 4) is 0 Å². The van der Waals surface area contributed by atoms with Crippen molar-refractivity contribution in [1.82, 2.24) is 0 Å². The lowest BCUT2D eigenvalue weighted by Crippen LogP contribution is -2.09. The Hall–Kier alpha value is -2.08. The number of hydrogen-bond acceptors (Lipinski definition) is 5. The second kappa shape index (κ2) is 5.71. The Morgan fingerprint density at radius 1 is 1.47 bits per heavy atom. The molecular weight excluding hydrogens is 262 g/mol. The molecule has 0 amide bonds. The van der Waals surface area contributed by atoms with Crippen LogP contribution in [0.15, 0.2) is 35.7 Å². The summed E-state index contributed by atoms with van der Waals surface area (Å²) in [5.74, 6) is 0. The number of nitrogens with one attached hydrogen (secondary N) is 1. The molecule has 0 saturated carbocycles. The molecule has 1 heterocycles. The van der Waals surface area contributed by atoms with E-state index in [1.54, 1.807) is 17.4 Å². The van der Waals surface area contributed by atoms with Gasteiger partial charge in [0, 0.05) is 17.0 Å². The molecule has 100 valence electrons. The lowest BCUT2D eigenvalue weighted by molar-refractivity contribution is -0.384. The number of nitrogens with zero attached hydrogens (tertiary/aromatic N) is 1. The van der Waals surface area contributed by atoms with Crippen LogP contribution in [0.2, 0.25) is 0 Å². The molecule has 2 rings (SSSR count). The summed E-state index contributed by atoms with van der Waals surface area (Å²) in [6.07, 6.45) is 0.914. The first-order valence-corrected chi connectivity index (χ1v) is 6.83. The number of nitro groups is 1. The summed E-state index contributed by atoms with van der Waals surface area (Å²) in [7, 11) is 0. The fraction of sp³-hybridized carbons (Fsp3) is 0.231. The average Bonchev–Trinajstić information content (AvgIpc) is 2.91. The van der Waals surface area contributed by atoms with Gasteiger partial charge in [-0.15, -0.1) is 11.3 Å². The highest BCUT2D eigenvalue weighted by molar-refractivity contribution is 7.10. The summed E-state index contributed by atoms with van der Waals surface area (Å²) < 4.78 is 0. The molecule has 0 fully saturated rings. The predicted molar refractivity (Wildman–Crippen MR) is 78.5 cm³/mol. The van der Waals surface area contributed by atoms with E-state index in [1.807, 2.05) is 11.4 Å². The van der Waals surface area contributed by atoms with Gasteiger partial charge in [-0.3, -0.25) is 10.1 Å². The second-order valence-corrected chi connectivity index (χ2v) is 5.13. The second-order valence-electron chi connectivity index (χ2n) is 4.15. The summed E-state index contributed by atoms with van der Waals surface area (Å²) in [4.78, 5) is 11.4. The quantitative estimate of drug-likeness (QED) is 0.495. The molecule has 1 unspecified atom stereocenters. The summed E-state index contributed by atoms with van der Waals surface area (Å²) in [5, 5.41) is 16.0. The van der Waals surface area contributed by atoms with Gasteiger partial charge < -0.3 is 11.1 Å². The highest BCUT2D eigenvalue weighted by Gasteiger charge is 2.13. The first-order valence-electron chi connectivity index (χ1n) is 5.95. The van der Waals surface area contributed by atoms with Crippen LogP contribution in [0, 0.1) is 10.1 Å². The van der Waals surface area contributed by atoms with Gasteiger partial charge in [-0.2, -0.15) is 0 Å². The molecule has 6 heteroatoms. The van der Waals surface area contributed by atoms with E-state index in [0.717, 1.165) is 12.1 Å². The number of nitrogens with two attached hydrogens (primary N) is 1. The standard InChI is InChI=1S/C13H15N3O2S/c1-2-11(13-4-3-7-19-13)15-12-6-5-9(16(17)18)8-10(12)14/h3-8,11,15H,2,14H2,1H3. The van der Waals surface area contributed by atoms with Crippen LogP contribution in [0.3, 0.4) is 0 Å². The van der Waals surface area contributed by atoms with Crippen molar-refractivity contribution in [2.24, 2.45) is 0 Å². The maximum atomic E-state index is 10.7. The van der Waals surface area contributed by atoms with Crippen LogP contribution in [-0.4, -0.2) is 4.92 Å². The van der Waals surface area contributed by atoms with Crippen molar-refractivity contribution in [3.05, 3.63) is 50.7 Å². The van der Waals surface area contributed by atoms with Crippen molar-refractivity contribution in [2.45, 2.75) is 19.4 Å². The number of benzene rings is 1. The fourth-order valence-electron chi connectivity index (χ4n) is 1.85. The lowest BCUT2D eigenvalue weighted by Gasteiger charge is -2.18. The molecule has 0 aliphatic rings. The Labute approximate surface area is 115 Å². The number of anilines is 2. The number of rotatable bonds is 5. The van der Waals surface area contributed by atoms with Crippen LogP contribution in [0.25, 0.3) is 0 Å². The highest BCUT2D eigenvalue weighted by Crippen LogP contribution is 2.30. The maximum absolute atomic E-state index is 10.7. The number of hydrogen-bond donors (Lipinski definition) is 2. The Morgan fingerprint density at radius 3 is 2.79 bits per heavy atom. The molecule has 0 bridgehead atoms. The van der Waals surface area contributed by atoms with E-state index >= 15 is 0 Å². The third-order valence-electron chi connectivity index (χ3n) is 2.87. The van der Waals surface area contributed by atoms with Crippen LogP contribution >= 0.6 is 11.3 Å². The van der Waals surface area contributed by atoms with Gasteiger partial charge in [0.2, 0.25) is 0 Å². The Balaban J connectivity index is 2.21. The van der Waals surface area contributed by atoms with Crippen molar-refractivity contribution < 1.29 is 4.92 Å². The minimum Gasteiger partial charge on any atom is -0.397 e. The van der Waals surface area contributed by atoms with Crippen LogP contribution < -0.4 is 11.1 Å². The molecule has 1 aromatic heterocycles. The summed E-state index contributed by atoms with van der Waals surface area (Å²) in [5.41, 5.74) is 6.98. The minimum atomic E-state index is -0.448. The largest absolute Gasteiger partial charge is 0.397 e. The average molecular weight is 277 g/mol. The zero-order chi connectivity index (χ0) is 13.8. The van der Waals surface area contributed by atoms with E-state index in [9.17, 15) is 10.1 Å². The van der Waals surface area contributed by atoms with Crippen LogP contribution in [0.1, 0.15) is 24.3 Å². The van der Waals surface area contributed by atoms with Crippen molar-refractivity contribution in [1.29, 1.82) is 0 Å². The summed E-state index contributed by atoms with van der Waals surface area (Å²) >= 11 is 1.68. The van der Waals surface area contributed by atoms with Gasteiger partial charge in [-0.25, -0.2) is 0 Å². The number of non-ortho nitro benzene ring substituents is 1. The topological polar surface area (TPSA) is 81.2 Å². The molecular formula is C13H15N3O2S. The number of nitro benzene ring substituents is 1. The lowest BCUT2D eigenvalue weighted by atomic mass is 10.1. The zero-order valence-corrected chi connectivity index (χ0v) is 11.3. The third kappa shape index (κ3) is 3.03. The molecule has 1 atom stereocenters. The maximum Gasteiger partial charge on any atom is 0.271 e. The molecule has 1 aromatic carbocycles. The van der Waals surface area contributed by atoms with Crippen LogP contribution in [0.5, 0.6) is 0 Å². The molecule has 5 nitrogen and oxygen atoms in total. The highest BCUT2D eigenvalue weighted by atomic mass is 32.1. The van der Waals surface area contributed by atoms with Gasteiger partial charge in [-0.1, -0.05) is 13.0 Å². The number of nitrogen functional groups attached to an aromatic ring is 1. The van der Waals surface area contributed by atoms with Gasteiger partial charge in [-0.05, 0) is 23.9 Å². The van der Waals surface area contributed by atoms with Gasteiger partial charge >= 0.3 is 0 Å². The van der Waals surface area contributed by atoms with E-state index in [2.05, 4.69) is 18.3 Å². The van der Waals surface area contributed by atoms with E-state index in [1.165, 1.54) is 17.0 Å². The van der Waals surface area contributed by atoms with Gasteiger partial charge in [0.15, 0.2) is 0 Å². The molecule has 19 heavy (non-hydrogen) atoms. The molecule has 0 aliphatic carbocycles. The molecule has 0 saturated heterocycles. The molecule has 0 spiro atoms. The SMILES string of the molecule is CCC(Nc1ccc([N+](=O)[O-])cc1N)c1cccs1.